The molecule has 1 heterocycles. The number of rotatable bonds is 8. The molecule has 1 aliphatic rings. The molecule has 1 saturated heterocycles. The number of hydrogen-bond donors (Lipinski definition) is 2. The third kappa shape index (κ3) is 6.31. The van der Waals surface area contributed by atoms with Gasteiger partial charge < -0.3 is 24.8 Å². The number of hydrogen-bond acceptors (Lipinski definition) is 4. The summed E-state index contributed by atoms with van der Waals surface area (Å²) in [6.45, 7) is 9.79. The minimum absolute atomic E-state index is 0.296. The van der Waals surface area contributed by atoms with E-state index in [2.05, 4.69) is 31.0 Å². The Balaban J connectivity index is 2.06. The number of nitrogens with zero attached hydrogens (tertiary/aromatic N) is 2. The fourth-order valence-corrected chi connectivity index (χ4v) is 3.61. The lowest BCUT2D eigenvalue weighted by Crippen LogP contribution is -2.40. The van der Waals surface area contributed by atoms with E-state index in [9.17, 15) is 5.11 Å². The van der Waals surface area contributed by atoms with E-state index in [-0.39, 0.29) is 0 Å². The van der Waals surface area contributed by atoms with Gasteiger partial charge in [0.2, 0.25) is 0 Å². The largest absolute Gasteiger partial charge is 0.497 e. The summed E-state index contributed by atoms with van der Waals surface area (Å²) in [4.78, 5) is 7.01. The van der Waals surface area contributed by atoms with Crippen molar-refractivity contribution in [3.8, 4) is 11.5 Å². The van der Waals surface area contributed by atoms with Crippen LogP contribution in [-0.4, -0.2) is 56.4 Å². The molecule has 0 aromatic heterocycles. The highest BCUT2D eigenvalue weighted by atomic mass is 16.5. The van der Waals surface area contributed by atoms with E-state index in [1.54, 1.807) is 20.3 Å². The summed E-state index contributed by atoms with van der Waals surface area (Å²) in [5.41, 5.74) is 0.741. The van der Waals surface area contributed by atoms with Crippen molar-refractivity contribution in [1.82, 2.24) is 10.2 Å². The zero-order chi connectivity index (χ0) is 19.8. The van der Waals surface area contributed by atoms with Crippen molar-refractivity contribution in [2.45, 2.75) is 39.7 Å². The average molecular weight is 378 g/mol. The van der Waals surface area contributed by atoms with Gasteiger partial charge >= 0.3 is 0 Å². The molecule has 2 atom stereocenters. The number of aliphatic hydroxyl groups is 1. The molecule has 27 heavy (non-hydrogen) atoms. The minimum atomic E-state index is -0.711. The first kappa shape index (κ1) is 21.4. The second kappa shape index (κ2) is 10.4. The van der Waals surface area contributed by atoms with Crippen LogP contribution in [0.4, 0.5) is 0 Å². The molecular formula is C21H35N3O3. The second-order valence-electron chi connectivity index (χ2n) is 7.59. The van der Waals surface area contributed by atoms with Crippen LogP contribution in [0.5, 0.6) is 11.5 Å². The summed E-state index contributed by atoms with van der Waals surface area (Å²) in [5.74, 6) is 3.66. The molecule has 6 heteroatoms. The van der Waals surface area contributed by atoms with Crippen LogP contribution in [0.25, 0.3) is 0 Å². The van der Waals surface area contributed by atoms with E-state index in [0.717, 1.165) is 43.0 Å². The van der Waals surface area contributed by atoms with Crippen LogP contribution in [0.3, 0.4) is 0 Å². The molecule has 1 fully saturated rings. The van der Waals surface area contributed by atoms with Crippen LogP contribution in [-0.2, 0) is 0 Å². The van der Waals surface area contributed by atoms with E-state index < -0.39 is 6.10 Å². The van der Waals surface area contributed by atoms with E-state index >= 15 is 0 Å². The maximum absolute atomic E-state index is 10.6. The predicted molar refractivity (Wildman–Crippen MR) is 110 cm³/mol. The lowest BCUT2D eigenvalue weighted by Gasteiger charge is -2.22. The number of aliphatic hydroxyl groups excluding tert-OH is 1. The monoisotopic (exact) mass is 377 g/mol. The molecule has 1 aromatic rings. The molecule has 1 aromatic carbocycles. The van der Waals surface area contributed by atoms with Crippen molar-refractivity contribution in [3.05, 3.63) is 23.8 Å². The highest BCUT2D eigenvalue weighted by Crippen LogP contribution is 2.27. The molecule has 0 saturated carbocycles. The molecule has 1 aliphatic heterocycles. The van der Waals surface area contributed by atoms with E-state index in [1.807, 2.05) is 12.1 Å². The number of nitrogens with one attached hydrogen (secondary N) is 1. The Morgan fingerprint density at radius 2 is 1.93 bits per heavy atom. The highest BCUT2D eigenvalue weighted by molar-refractivity contribution is 5.80. The molecule has 0 radical (unpaired) electrons. The van der Waals surface area contributed by atoms with Gasteiger partial charge in [-0.2, -0.15) is 0 Å². The molecule has 0 aliphatic carbocycles. The molecule has 6 nitrogen and oxygen atoms in total. The van der Waals surface area contributed by atoms with Gasteiger partial charge in [0.25, 0.3) is 0 Å². The number of guanidine groups is 1. The Bertz CT molecular complexity index is 596. The Kier molecular flexibility index (Phi) is 8.23. The first-order valence-electron chi connectivity index (χ1n) is 9.91. The van der Waals surface area contributed by atoms with Gasteiger partial charge in [0, 0.05) is 25.7 Å². The number of benzene rings is 1. The average Bonchev–Trinajstić information content (AvgIpc) is 3.11. The van der Waals surface area contributed by atoms with Crippen LogP contribution in [0.1, 0.15) is 45.3 Å². The quantitative estimate of drug-likeness (QED) is 0.538. The third-order valence-electron chi connectivity index (χ3n) is 4.90. The van der Waals surface area contributed by atoms with Gasteiger partial charge in [-0.3, -0.25) is 4.99 Å². The van der Waals surface area contributed by atoms with Crippen molar-refractivity contribution >= 4 is 5.96 Å². The fraction of sp³-hybridized carbons (Fsp3) is 0.667. The van der Waals surface area contributed by atoms with Gasteiger partial charge in [-0.15, -0.1) is 0 Å². The van der Waals surface area contributed by atoms with Crippen LogP contribution in [0.2, 0.25) is 0 Å². The summed E-state index contributed by atoms with van der Waals surface area (Å²) >= 11 is 0. The lowest BCUT2D eigenvalue weighted by molar-refractivity contribution is 0.185. The van der Waals surface area contributed by atoms with E-state index in [4.69, 9.17) is 14.5 Å². The van der Waals surface area contributed by atoms with Gasteiger partial charge in [0.1, 0.15) is 11.5 Å². The van der Waals surface area contributed by atoms with E-state index in [0.29, 0.717) is 18.0 Å². The molecule has 2 unspecified atom stereocenters. The summed E-state index contributed by atoms with van der Waals surface area (Å²) in [5, 5.41) is 14.0. The minimum Gasteiger partial charge on any atom is -0.497 e. The van der Waals surface area contributed by atoms with Gasteiger partial charge in [-0.05, 0) is 49.3 Å². The first-order valence-corrected chi connectivity index (χ1v) is 9.91. The van der Waals surface area contributed by atoms with Crippen molar-refractivity contribution in [2.75, 3.05) is 40.4 Å². The van der Waals surface area contributed by atoms with E-state index in [1.165, 1.54) is 12.8 Å². The summed E-state index contributed by atoms with van der Waals surface area (Å²) in [6.07, 6.45) is 1.75. The number of ether oxygens (including phenoxy) is 2. The second-order valence-corrected chi connectivity index (χ2v) is 7.59. The van der Waals surface area contributed by atoms with Crippen molar-refractivity contribution in [2.24, 2.45) is 16.8 Å². The Hall–Kier alpha value is -1.95. The number of likely N-dealkylation sites (tertiary alicyclic amines) is 1. The van der Waals surface area contributed by atoms with Crippen LogP contribution < -0.4 is 14.8 Å². The maximum Gasteiger partial charge on any atom is 0.194 e. The highest BCUT2D eigenvalue weighted by Gasteiger charge is 2.25. The van der Waals surface area contributed by atoms with Gasteiger partial charge in [0.15, 0.2) is 5.96 Å². The Morgan fingerprint density at radius 1 is 1.26 bits per heavy atom. The van der Waals surface area contributed by atoms with Crippen LogP contribution in [0, 0.1) is 11.8 Å². The number of aliphatic imine (C=N–C) groups is 1. The molecular weight excluding hydrogens is 342 g/mol. The number of methoxy groups -OCH3 is 2. The normalized spacial score (nSPS) is 18.7. The predicted octanol–water partition coefficient (Wildman–Crippen LogP) is 3.07. The Labute approximate surface area is 163 Å². The summed E-state index contributed by atoms with van der Waals surface area (Å²) in [7, 11) is 3.21. The van der Waals surface area contributed by atoms with Crippen molar-refractivity contribution in [3.63, 3.8) is 0 Å². The Morgan fingerprint density at radius 3 is 2.48 bits per heavy atom. The van der Waals surface area contributed by atoms with Gasteiger partial charge in [-0.1, -0.05) is 13.8 Å². The third-order valence-corrected chi connectivity index (χ3v) is 4.90. The molecule has 2 rings (SSSR count). The molecule has 2 N–H and O–H groups in total. The SMILES string of the molecule is CCNC(=NCC(O)c1cc(OC)cc(OC)c1)N1CCC(CC(C)C)C1. The molecule has 0 bridgehead atoms. The van der Waals surface area contributed by atoms with Gasteiger partial charge in [0.05, 0.1) is 26.9 Å². The van der Waals surface area contributed by atoms with Gasteiger partial charge in [-0.25, -0.2) is 0 Å². The fourth-order valence-electron chi connectivity index (χ4n) is 3.61. The molecule has 152 valence electrons. The molecule has 0 spiro atoms. The van der Waals surface area contributed by atoms with Crippen LogP contribution in [0.15, 0.2) is 23.2 Å². The molecule has 0 amide bonds. The van der Waals surface area contributed by atoms with Crippen molar-refractivity contribution < 1.29 is 14.6 Å². The zero-order valence-corrected chi connectivity index (χ0v) is 17.4. The van der Waals surface area contributed by atoms with Crippen LogP contribution >= 0.6 is 0 Å². The summed E-state index contributed by atoms with van der Waals surface area (Å²) < 4.78 is 10.6. The standard InChI is InChI=1S/C21H35N3O3/c1-6-22-21(24-8-7-16(14-24)9-15(2)3)23-13-20(25)17-10-18(26-4)12-19(11-17)27-5/h10-12,15-16,20,25H,6-9,13-14H2,1-5H3,(H,22,23). The van der Waals surface area contributed by atoms with Crippen molar-refractivity contribution in [1.29, 1.82) is 0 Å². The first-order chi connectivity index (χ1) is 13.0. The summed E-state index contributed by atoms with van der Waals surface area (Å²) in [6, 6.07) is 5.44. The maximum atomic E-state index is 10.6. The smallest absolute Gasteiger partial charge is 0.194 e. The zero-order valence-electron chi connectivity index (χ0n) is 17.4. The topological polar surface area (TPSA) is 66.3 Å². The lowest BCUT2D eigenvalue weighted by atomic mass is 9.97.